The van der Waals surface area contributed by atoms with Crippen LogP contribution in [0, 0.1) is 40.4 Å². The Bertz CT molecular complexity index is 1350. The van der Waals surface area contributed by atoms with Gasteiger partial charge in [0.25, 0.3) is 0 Å². The molecule has 4 aliphatic carbocycles. The molecule has 8 rings (SSSR count). The summed E-state index contributed by atoms with van der Waals surface area (Å²) in [6, 6.07) is 0. The van der Waals surface area contributed by atoms with Gasteiger partial charge in [-0.2, -0.15) is 0 Å². The number of rotatable bonds is 5. The van der Waals surface area contributed by atoms with Crippen LogP contribution in [0.2, 0.25) is 0 Å². The molecule has 4 aliphatic heterocycles. The fraction of sp³-hybridized carbons (Fsp3) is 0.949. The molecular weight excluding hydrogens is 676 g/mol. The average molecular weight is 739 g/mol. The lowest BCUT2D eigenvalue weighted by Gasteiger charge is -2.60. The number of ether oxygens (including phenoxy) is 6. The van der Waals surface area contributed by atoms with Gasteiger partial charge in [-0.15, -0.1) is 0 Å². The van der Waals surface area contributed by atoms with E-state index in [1.54, 1.807) is 0 Å². The average Bonchev–Trinajstić information content (AvgIpc) is 3.48. The summed E-state index contributed by atoms with van der Waals surface area (Å²) in [6.07, 6.45) is -3.83. The number of aliphatic hydroxyl groups excluding tert-OH is 6. The van der Waals surface area contributed by atoms with Crippen molar-refractivity contribution >= 4 is 0 Å². The van der Waals surface area contributed by atoms with Gasteiger partial charge < -0.3 is 64.2 Å². The fourth-order valence-electron chi connectivity index (χ4n) is 12.5. The van der Waals surface area contributed by atoms with Crippen molar-refractivity contribution in [3.05, 3.63) is 11.6 Å². The molecule has 0 radical (unpaired) electrons. The molecule has 14 unspecified atom stereocenters. The Morgan fingerprint density at radius 2 is 1.60 bits per heavy atom. The maximum Gasteiger partial charge on any atom is 0.187 e. The molecule has 4 saturated heterocycles. The molecule has 52 heavy (non-hydrogen) atoms. The number of aliphatic hydroxyl groups is 7. The van der Waals surface area contributed by atoms with Gasteiger partial charge in [0, 0.05) is 17.8 Å². The van der Waals surface area contributed by atoms with E-state index < -0.39 is 79.4 Å². The molecule has 7 fully saturated rings. The van der Waals surface area contributed by atoms with E-state index in [4.69, 9.17) is 28.4 Å². The number of fused-ring (bicyclic) bond motifs is 7. The first-order valence-electron chi connectivity index (χ1n) is 19.9. The van der Waals surface area contributed by atoms with E-state index in [1.165, 1.54) is 12.5 Å². The van der Waals surface area contributed by atoms with Crippen molar-refractivity contribution in [1.29, 1.82) is 0 Å². The summed E-state index contributed by atoms with van der Waals surface area (Å²) >= 11 is 0. The van der Waals surface area contributed by atoms with Crippen LogP contribution < -0.4 is 0 Å². The van der Waals surface area contributed by atoms with E-state index in [9.17, 15) is 35.7 Å². The van der Waals surface area contributed by atoms with Gasteiger partial charge in [-0.1, -0.05) is 39.3 Å². The lowest BCUT2D eigenvalue weighted by Crippen LogP contribution is -2.64. The van der Waals surface area contributed by atoms with E-state index in [-0.39, 0.29) is 29.0 Å². The molecule has 4 heterocycles. The van der Waals surface area contributed by atoms with Crippen LogP contribution in [-0.4, -0.2) is 134 Å². The summed E-state index contributed by atoms with van der Waals surface area (Å²) in [4.78, 5) is 0. The molecule has 7 N–H and O–H groups in total. The van der Waals surface area contributed by atoms with Gasteiger partial charge in [-0.25, -0.2) is 0 Å². The summed E-state index contributed by atoms with van der Waals surface area (Å²) in [6.45, 7) is 10.7. The lowest BCUT2D eigenvalue weighted by atomic mass is 9.46. The molecule has 296 valence electrons. The Hall–Kier alpha value is -0.780. The molecule has 8 aliphatic rings. The van der Waals surface area contributed by atoms with Gasteiger partial charge >= 0.3 is 0 Å². The number of hydrogen-bond donors (Lipinski definition) is 7. The minimum atomic E-state index is -1.62. The highest BCUT2D eigenvalue weighted by Crippen LogP contribution is 2.72. The third kappa shape index (κ3) is 5.50. The SMILES string of the molecule is CC1OC(OC2C(O[C@@H]3CC[C@]4(C)C(=CCC5C4CC[C@]4(C)C5CC5O[C@@]6(CC[C@H](C)CO6)[C@H](C)[C@]54O)C3)OC(CO)C(O)C2O)C(O)C(O)C1O. The van der Waals surface area contributed by atoms with Gasteiger partial charge in [-0.3, -0.25) is 0 Å². The van der Waals surface area contributed by atoms with Crippen molar-refractivity contribution in [2.75, 3.05) is 13.2 Å². The zero-order chi connectivity index (χ0) is 37.1. The molecule has 0 amide bonds. The third-order valence-corrected chi connectivity index (χ3v) is 15.8. The minimum absolute atomic E-state index is 0.0411. The molecule has 13 nitrogen and oxygen atoms in total. The van der Waals surface area contributed by atoms with E-state index in [2.05, 4.69) is 33.8 Å². The molecular formula is C39H62O13. The van der Waals surface area contributed by atoms with Crippen LogP contribution in [0.5, 0.6) is 0 Å². The standard InChI is InChI=1S/C39H62O13/c1-18-8-13-38(47-17-18)20(3)39(46)27(52-38)15-25-23-7-6-21-14-22(9-11-36(21,4)24(23)10-12-37(25,39)5)49-35-33(31(44)29(42)26(16-40)50-35)51-34-32(45)30(43)28(41)19(2)48-34/h6,18-20,22-35,40-46H,7-17H2,1-5H3/t18-,19?,20-,22+,23?,24?,25?,26?,27?,28?,29?,30?,31?,32?,33?,34?,35?,36+,37+,38-,39-/m0/s1. The summed E-state index contributed by atoms with van der Waals surface area (Å²) in [5.41, 5.74) is 0.0981. The first-order valence-corrected chi connectivity index (χ1v) is 19.9. The topological polar surface area (TPSA) is 197 Å². The second kappa shape index (κ2) is 13.4. The largest absolute Gasteiger partial charge is 0.394 e. The van der Waals surface area contributed by atoms with Crippen molar-refractivity contribution in [3.8, 4) is 0 Å². The smallest absolute Gasteiger partial charge is 0.187 e. The van der Waals surface area contributed by atoms with E-state index >= 15 is 0 Å². The van der Waals surface area contributed by atoms with Gasteiger partial charge in [-0.05, 0) is 87.4 Å². The van der Waals surface area contributed by atoms with Crippen molar-refractivity contribution in [3.63, 3.8) is 0 Å². The van der Waals surface area contributed by atoms with Crippen molar-refractivity contribution in [1.82, 2.24) is 0 Å². The van der Waals surface area contributed by atoms with E-state index in [1.807, 2.05) is 0 Å². The molecule has 3 saturated carbocycles. The van der Waals surface area contributed by atoms with Crippen LogP contribution in [0.15, 0.2) is 11.6 Å². The number of allylic oxidation sites excluding steroid dienone is 1. The molecule has 0 bridgehead atoms. The molecule has 0 aromatic rings. The molecule has 1 spiro atoms. The first kappa shape index (κ1) is 38.1. The predicted octanol–water partition coefficient (Wildman–Crippen LogP) is 1.50. The molecule has 21 atom stereocenters. The summed E-state index contributed by atoms with van der Waals surface area (Å²) in [5, 5.41) is 75.6. The second-order valence-corrected chi connectivity index (χ2v) is 18.4. The summed E-state index contributed by atoms with van der Waals surface area (Å²) in [7, 11) is 0. The van der Waals surface area contributed by atoms with Crippen LogP contribution in [0.25, 0.3) is 0 Å². The Morgan fingerprint density at radius 3 is 2.31 bits per heavy atom. The van der Waals surface area contributed by atoms with Gasteiger partial charge in [0.1, 0.15) is 48.3 Å². The van der Waals surface area contributed by atoms with Gasteiger partial charge in [0.05, 0.1) is 31.5 Å². The highest BCUT2D eigenvalue weighted by atomic mass is 16.8. The maximum absolute atomic E-state index is 12.7. The van der Waals surface area contributed by atoms with Crippen LogP contribution in [0.4, 0.5) is 0 Å². The van der Waals surface area contributed by atoms with Gasteiger partial charge in [0.15, 0.2) is 18.4 Å². The molecule has 0 aromatic heterocycles. The maximum atomic E-state index is 12.7. The Balaban J connectivity index is 0.977. The Kier molecular flexibility index (Phi) is 9.83. The van der Waals surface area contributed by atoms with Crippen LogP contribution in [0.1, 0.15) is 92.4 Å². The van der Waals surface area contributed by atoms with Gasteiger partial charge in [0.2, 0.25) is 0 Å². The number of hydrogen-bond acceptors (Lipinski definition) is 13. The van der Waals surface area contributed by atoms with Crippen molar-refractivity contribution < 1.29 is 64.2 Å². The van der Waals surface area contributed by atoms with Crippen molar-refractivity contribution in [2.24, 2.45) is 40.4 Å². The zero-order valence-corrected chi connectivity index (χ0v) is 31.3. The molecule has 13 heteroatoms. The second-order valence-electron chi connectivity index (χ2n) is 18.4. The minimum Gasteiger partial charge on any atom is -0.394 e. The first-order chi connectivity index (χ1) is 24.6. The lowest BCUT2D eigenvalue weighted by molar-refractivity contribution is -0.369. The van der Waals surface area contributed by atoms with Crippen LogP contribution in [-0.2, 0) is 28.4 Å². The normalized spacial score (nSPS) is 58.9. The zero-order valence-electron chi connectivity index (χ0n) is 31.3. The Labute approximate surface area is 306 Å². The predicted molar refractivity (Wildman–Crippen MR) is 183 cm³/mol. The summed E-state index contributed by atoms with van der Waals surface area (Å²) < 4.78 is 37.3. The highest BCUT2D eigenvalue weighted by Gasteiger charge is 2.76. The fourth-order valence-corrected chi connectivity index (χ4v) is 12.5. The van der Waals surface area contributed by atoms with Crippen LogP contribution in [0.3, 0.4) is 0 Å². The van der Waals surface area contributed by atoms with Crippen molar-refractivity contribution in [2.45, 2.75) is 177 Å². The monoisotopic (exact) mass is 738 g/mol. The van der Waals surface area contributed by atoms with E-state index in [0.29, 0.717) is 43.1 Å². The Morgan fingerprint density at radius 1 is 0.827 bits per heavy atom. The summed E-state index contributed by atoms with van der Waals surface area (Å²) in [5.74, 6) is 0.929. The quantitative estimate of drug-likeness (QED) is 0.201. The van der Waals surface area contributed by atoms with E-state index in [0.717, 1.165) is 44.9 Å². The van der Waals surface area contributed by atoms with Crippen LogP contribution >= 0.6 is 0 Å². The highest BCUT2D eigenvalue weighted by molar-refractivity contribution is 5.29. The third-order valence-electron chi connectivity index (χ3n) is 15.8. The molecule has 0 aromatic carbocycles.